The van der Waals surface area contributed by atoms with Gasteiger partial charge in [-0.25, -0.2) is 4.39 Å². The summed E-state index contributed by atoms with van der Waals surface area (Å²) in [6.45, 7) is 4.06. The summed E-state index contributed by atoms with van der Waals surface area (Å²) in [7, 11) is 0. The number of halogens is 1. The highest BCUT2D eigenvalue weighted by Crippen LogP contribution is 2.27. The Morgan fingerprint density at radius 2 is 2.22 bits per heavy atom. The summed E-state index contributed by atoms with van der Waals surface area (Å²) in [6, 6.07) is 3.26. The molecule has 2 N–H and O–H groups in total. The average Bonchev–Trinajstić information content (AvgIpc) is 2.35. The van der Waals surface area contributed by atoms with Crippen molar-refractivity contribution in [1.29, 1.82) is 0 Å². The lowest BCUT2D eigenvalue weighted by Crippen LogP contribution is -2.29. The van der Waals surface area contributed by atoms with Gasteiger partial charge in [-0.1, -0.05) is 13.8 Å². The summed E-state index contributed by atoms with van der Waals surface area (Å²) in [5, 5.41) is 22.9. The minimum atomic E-state index is -0.565. The van der Waals surface area contributed by atoms with Gasteiger partial charge >= 0.3 is 0 Å². The monoisotopic (exact) mass is 256 g/mol. The molecule has 0 aromatic heterocycles. The van der Waals surface area contributed by atoms with Gasteiger partial charge in [-0.15, -0.1) is 0 Å². The molecule has 0 spiro atoms. The Kier molecular flexibility index (Phi) is 4.61. The average molecular weight is 256 g/mol. The van der Waals surface area contributed by atoms with Crippen LogP contribution in [0.25, 0.3) is 0 Å². The van der Waals surface area contributed by atoms with Crippen molar-refractivity contribution in [3.63, 3.8) is 0 Å². The van der Waals surface area contributed by atoms with Crippen molar-refractivity contribution >= 4 is 11.4 Å². The van der Waals surface area contributed by atoms with Crippen molar-refractivity contribution in [1.82, 2.24) is 0 Å². The second kappa shape index (κ2) is 5.77. The van der Waals surface area contributed by atoms with Crippen molar-refractivity contribution in [3.8, 4) is 0 Å². The Morgan fingerprint density at radius 3 is 2.72 bits per heavy atom. The molecule has 0 radical (unpaired) electrons. The van der Waals surface area contributed by atoms with E-state index in [-0.39, 0.29) is 23.4 Å². The first-order chi connectivity index (χ1) is 8.41. The third-order valence-corrected chi connectivity index (χ3v) is 3.10. The van der Waals surface area contributed by atoms with Crippen molar-refractivity contribution in [2.75, 3.05) is 18.5 Å². The smallest absolute Gasteiger partial charge is 0.292 e. The maximum atomic E-state index is 13.1. The van der Waals surface area contributed by atoms with Crippen LogP contribution in [-0.4, -0.2) is 23.2 Å². The molecule has 1 atom stereocenters. The van der Waals surface area contributed by atoms with E-state index in [2.05, 4.69) is 5.32 Å². The maximum Gasteiger partial charge on any atom is 0.292 e. The molecule has 0 bridgehead atoms. The number of rotatable bonds is 6. The van der Waals surface area contributed by atoms with Gasteiger partial charge in [0.05, 0.1) is 11.5 Å². The van der Waals surface area contributed by atoms with Gasteiger partial charge < -0.3 is 10.4 Å². The molecule has 0 heterocycles. The Balaban J connectivity index is 2.90. The quantitative estimate of drug-likeness (QED) is 0.606. The molecule has 0 fully saturated rings. The zero-order valence-electron chi connectivity index (χ0n) is 10.4. The van der Waals surface area contributed by atoms with Crippen LogP contribution in [0.2, 0.25) is 0 Å². The number of nitro benzene ring substituents is 1. The topological polar surface area (TPSA) is 75.4 Å². The summed E-state index contributed by atoms with van der Waals surface area (Å²) >= 11 is 0. The van der Waals surface area contributed by atoms with Crippen molar-refractivity contribution in [2.45, 2.75) is 20.3 Å². The summed E-state index contributed by atoms with van der Waals surface area (Å²) in [6.07, 6.45) is 0.708. The molecule has 0 saturated carbocycles. The molecule has 18 heavy (non-hydrogen) atoms. The van der Waals surface area contributed by atoms with Crippen LogP contribution >= 0.6 is 0 Å². The summed E-state index contributed by atoms with van der Waals surface area (Å²) in [4.78, 5) is 10.2. The number of hydrogen-bond donors (Lipinski definition) is 2. The maximum absolute atomic E-state index is 13.1. The first-order valence-corrected chi connectivity index (χ1v) is 5.70. The van der Waals surface area contributed by atoms with Gasteiger partial charge in [0.2, 0.25) is 0 Å². The first-order valence-electron chi connectivity index (χ1n) is 5.70. The summed E-state index contributed by atoms with van der Waals surface area (Å²) in [5.41, 5.74) is -0.430. The number of aliphatic hydroxyl groups is 1. The van der Waals surface area contributed by atoms with E-state index >= 15 is 0 Å². The molecule has 1 unspecified atom stereocenters. The van der Waals surface area contributed by atoms with E-state index in [1.807, 2.05) is 13.8 Å². The molecule has 5 nitrogen and oxygen atoms in total. The van der Waals surface area contributed by atoms with E-state index in [4.69, 9.17) is 0 Å². The van der Waals surface area contributed by atoms with Gasteiger partial charge in [-0.05, 0) is 12.5 Å². The van der Waals surface area contributed by atoms with E-state index in [0.717, 1.165) is 18.2 Å². The molecular weight excluding hydrogens is 239 g/mol. The molecule has 1 rings (SSSR count). The molecule has 100 valence electrons. The molecule has 1 aromatic carbocycles. The van der Waals surface area contributed by atoms with Crippen molar-refractivity contribution in [3.05, 3.63) is 34.1 Å². The lowest BCUT2D eigenvalue weighted by Gasteiger charge is -2.26. The Morgan fingerprint density at radius 1 is 1.56 bits per heavy atom. The third-order valence-electron chi connectivity index (χ3n) is 3.10. The van der Waals surface area contributed by atoms with Gasteiger partial charge in [0.1, 0.15) is 11.5 Å². The van der Waals surface area contributed by atoms with E-state index in [0.29, 0.717) is 13.0 Å². The van der Waals surface area contributed by atoms with Crippen LogP contribution in [0.15, 0.2) is 18.2 Å². The van der Waals surface area contributed by atoms with E-state index in [1.54, 1.807) is 0 Å². The molecule has 0 saturated heterocycles. The highest BCUT2D eigenvalue weighted by Gasteiger charge is 2.22. The Labute approximate surface area is 105 Å². The van der Waals surface area contributed by atoms with Gasteiger partial charge in [0, 0.05) is 24.1 Å². The fourth-order valence-electron chi connectivity index (χ4n) is 1.41. The predicted molar refractivity (Wildman–Crippen MR) is 67.0 cm³/mol. The minimum Gasteiger partial charge on any atom is -0.396 e. The Bertz CT molecular complexity index is 433. The molecule has 0 aliphatic heterocycles. The number of benzene rings is 1. The Hall–Kier alpha value is -1.69. The number of nitro groups is 1. The standard InChI is InChI=1S/C12H17FN2O3/c1-3-12(2,8-16)7-14-10-6-9(13)4-5-11(10)15(17)18/h4-6,14,16H,3,7-8H2,1-2H3. The minimum absolute atomic E-state index is 0.0421. The molecular formula is C12H17FN2O3. The number of anilines is 1. The fraction of sp³-hybridized carbons (Fsp3) is 0.500. The number of hydrogen-bond acceptors (Lipinski definition) is 4. The molecule has 0 amide bonds. The van der Waals surface area contributed by atoms with E-state index in [1.165, 1.54) is 0 Å². The van der Waals surface area contributed by atoms with Gasteiger partial charge in [-0.3, -0.25) is 10.1 Å². The molecule has 0 aliphatic carbocycles. The SMILES string of the molecule is CCC(C)(CO)CNc1cc(F)ccc1[N+](=O)[O-]. The van der Waals surface area contributed by atoms with Crippen LogP contribution in [0, 0.1) is 21.3 Å². The summed E-state index contributed by atoms with van der Waals surface area (Å²) < 4.78 is 13.1. The normalized spacial score (nSPS) is 14.0. The van der Waals surface area contributed by atoms with Crippen LogP contribution in [0.5, 0.6) is 0 Å². The van der Waals surface area contributed by atoms with Gasteiger partial charge in [0.25, 0.3) is 5.69 Å². The molecule has 0 aliphatic rings. The zero-order chi connectivity index (χ0) is 13.8. The van der Waals surface area contributed by atoms with Crippen LogP contribution in [0.3, 0.4) is 0 Å². The summed E-state index contributed by atoms with van der Waals surface area (Å²) in [5.74, 6) is -0.537. The first kappa shape index (κ1) is 14.4. The van der Waals surface area contributed by atoms with Crippen LogP contribution in [-0.2, 0) is 0 Å². The van der Waals surface area contributed by atoms with Gasteiger partial charge in [0.15, 0.2) is 0 Å². The highest BCUT2D eigenvalue weighted by molar-refractivity contribution is 5.61. The van der Waals surface area contributed by atoms with Crippen molar-refractivity contribution < 1.29 is 14.4 Å². The number of nitrogens with one attached hydrogen (secondary N) is 1. The van der Waals surface area contributed by atoms with Crippen molar-refractivity contribution in [2.24, 2.45) is 5.41 Å². The van der Waals surface area contributed by atoms with Crippen LogP contribution in [0.4, 0.5) is 15.8 Å². The number of nitrogens with zero attached hydrogens (tertiary/aromatic N) is 1. The largest absolute Gasteiger partial charge is 0.396 e. The second-order valence-electron chi connectivity index (χ2n) is 4.59. The molecule has 6 heteroatoms. The predicted octanol–water partition coefficient (Wildman–Crippen LogP) is 2.55. The van der Waals surface area contributed by atoms with Crippen LogP contribution in [0.1, 0.15) is 20.3 Å². The lowest BCUT2D eigenvalue weighted by molar-refractivity contribution is -0.384. The zero-order valence-corrected chi connectivity index (χ0v) is 10.4. The molecule has 1 aromatic rings. The third kappa shape index (κ3) is 3.40. The van der Waals surface area contributed by atoms with E-state index < -0.39 is 10.7 Å². The number of aliphatic hydroxyl groups excluding tert-OH is 1. The second-order valence-corrected chi connectivity index (χ2v) is 4.59. The highest BCUT2D eigenvalue weighted by atomic mass is 19.1. The van der Waals surface area contributed by atoms with Crippen LogP contribution < -0.4 is 5.32 Å². The lowest BCUT2D eigenvalue weighted by atomic mass is 9.88. The van der Waals surface area contributed by atoms with Gasteiger partial charge in [-0.2, -0.15) is 0 Å². The fourth-order valence-corrected chi connectivity index (χ4v) is 1.41. The van der Waals surface area contributed by atoms with E-state index in [9.17, 15) is 19.6 Å².